The van der Waals surface area contributed by atoms with Crippen LogP contribution in [0, 0.1) is 0 Å². The zero-order valence-electron chi connectivity index (χ0n) is 10.5. The van der Waals surface area contributed by atoms with Gasteiger partial charge in [0.05, 0.1) is 0 Å². The van der Waals surface area contributed by atoms with Crippen LogP contribution in [0.3, 0.4) is 0 Å². The smallest absolute Gasteiger partial charge is 0.0397 e. The molecule has 0 aromatic heterocycles. The molecular formula is C14H23NS. The first-order valence-electron chi connectivity index (χ1n) is 5.82. The minimum absolute atomic E-state index is 0.366. The minimum Gasteiger partial charge on any atom is -0.385 e. The highest BCUT2D eigenvalue weighted by Gasteiger charge is 1.98. The van der Waals surface area contributed by atoms with Gasteiger partial charge in [0.1, 0.15) is 0 Å². The molecule has 0 heterocycles. The molecule has 1 N–H and O–H groups in total. The highest BCUT2D eigenvalue weighted by atomic mass is 32.1. The number of hydrogen-bond acceptors (Lipinski definition) is 2. The van der Waals surface area contributed by atoms with Crippen LogP contribution in [-0.4, -0.2) is 5.25 Å². The van der Waals surface area contributed by atoms with E-state index in [1.54, 1.807) is 0 Å². The molecule has 0 radical (unpaired) electrons. The van der Waals surface area contributed by atoms with Gasteiger partial charge in [0.25, 0.3) is 0 Å². The SMILES string of the molecule is C=C(CC(C)S)NCc1ccccc1.CC. The lowest BCUT2D eigenvalue weighted by molar-refractivity contribution is 0.748. The van der Waals surface area contributed by atoms with E-state index < -0.39 is 0 Å². The summed E-state index contributed by atoms with van der Waals surface area (Å²) in [5.41, 5.74) is 2.33. The van der Waals surface area contributed by atoms with Gasteiger partial charge in [-0.2, -0.15) is 12.6 Å². The Labute approximate surface area is 105 Å². The average molecular weight is 237 g/mol. The lowest BCUT2D eigenvalue weighted by Crippen LogP contribution is -2.14. The largest absolute Gasteiger partial charge is 0.385 e. The van der Waals surface area contributed by atoms with Crippen molar-refractivity contribution in [1.29, 1.82) is 0 Å². The lowest BCUT2D eigenvalue weighted by Gasteiger charge is -2.11. The monoisotopic (exact) mass is 237 g/mol. The molecule has 16 heavy (non-hydrogen) atoms. The third kappa shape index (κ3) is 7.41. The highest BCUT2D eigenvalue weighted by molar-refractivity contribution is 7.80. The molecule has 1 rings (SSSR count). The Hall–Kier alpha value is -0.890. The first-order chi connectivity index (χ1) is 7.68. The summed E-state index contributed by atoms with van der Waals surface area (Å²) < 4.78 is 0. The van der Waals surface area contributed by atoms with Crippen LogP contribution in [0.2, 0.25) is 0 Å². The van der Waals surface area contributed by atoms with E-state index in [1.165, 1.54) is 5.56 Å². The van der Waals surface area contributed by atoms with E-state index in [9.17, 15) is 0 Å². The molecule has 0 fully saturated rings. The predicted octanol–water partition coefficient (Wildman–Crippen LogP) is 4.02. The van der Waals surface area contributed by atoms with E-state index in [0.717, 1.165) is 18.7 Å². The normalized spacial score (nSPS) is 11.0. The van der Waals surface area contributed by atoms with Gasteiger partial charge in [-0.05, 0) is 12.0 Å². The average Bonchev–Trinajstić information content (AvgIpc) is 2.30. The van der Waals surface area contributed by atoms with Crippen molar-refractivity contribution in [1.82, 2.24) is 5.32 Å². The maximum Gasteiger partial charge on any atom is 0.0397 e. The second-order valence-corrected chi connectivity index (χ2v) is 4.38. The zero-order chi connectivity index (χ0) is 12.4. The molecule has 1 unspecified atom stereocenters. The fraction of sp³-hybridized carbons (Fsp3) is 0.429. The van der Waals surface area contributed by atoms with E-state index in [-0.39, 0.29) is 0 Å². The number of nitrogens with one attached hydrogen (secondary N) is 1. The molecule has 0 spiro atoms. The molecule has 0 bridgehead atoms. The highest BCUT2D eigenvalue weighted by Crippen LogP contribution is 2.06. The Morgan fingerprint density at radius 2 is 1.88 bits per heavy atom. The van der Waals surface area contributed by atoms with Crippen molar-refractivity contribution in [3.8, 4) is 0 Å². The van der Waals surface area contributed by atoms with E-state index in [0.29, 0.717) is 5.25 Å². The molecule has 0 saturated heterocycles. The third-order valence-electron chi connectivity index (χ3n) is 1.93. The van der Waals surface area contributed by atoms with Crippen molar-refractivity contribution < 1.29 is 0 Å². The standard InChI is InChI=1S/C12H17NS.C2H6/c1-10(8-11(2)14)13-9-12-6-4-3-5-7-12;1-2/h3-7,11,13-14H,1,8-9H2,2H3;1-2H3. The zero-order valence-corrected chi connectivity index (χ0v) is 11.4. The maximum atomic E-state index is 4.32. The van der Waals surface area contributed by atoms with Crippen LogP contribution in [0.25, 0.3) is 0 Å². The van der Waals surface area contributed by atoms with Gasteiger partial charge in [-0.3, -0.25) is 0 Å². The minimum atomic E-state index is 0.366. The van der Waals surface area contributed by atoms with Gasteiger partial charge in [-0.1, -0.05) is 57.7 Å². The van der Waals surface area contributed by atoms with E-state index in [1.807, 2.05) is 32.0 Å². The molecule has 1 atom stereocenters. The molecule has 2 heteroatoms. The van der Waals surface area contributed by atoms with Crippen LogP contribution < -0.4 is 5.32 Å². The topological polar surface area (TPSA) is 12.0 Å². The maximum absolute atomic E-state index is 4.32. The Morgan fingerprint density at radius 1 is 1.31 bits per heavy atom. The molecule has 0 saturated carbocycles. The first kappa shape index (κ1) is 15.1. The van der Waals surface area contributed by atoms with Crippen molar-refractivity contribution >= 4 is 12.6 Å². The summed E-state index contributed by atoms with van der Waals surface area (Å²) in [6.45, 7) is 10.9. The number of rotatable bonds is 5. The summed E-state index contributed by atoms with van der Waals surface area (Å²) in [5, 5.41) is 3.65. The number of allylic oxidation sites excluding steroid dienone is 1. The summed E-state index contributed by atoms with van der Waals surface area (Å²) in [6.07, 6.45) is 0.913. The van der Waals surface area contributed by atoms with Crippen LogP contribution in [0.1, 0.15) is 32.8 Å². The fourth-order valence-corrected chi connectivity index (χ4v) is 1.47. The quantitative estimate of drug-likeness (QED) is 0.737. The fourth-order valence-electron chi connectivity index (χ4n) is 1.25. The van der Waals surface area contributed by atoms with Crippen molar-refractivity contribution in [3.05, 3.63) is 48.2 Å². The van der Waals surface area contributed by atoms with Gasteiger partial charge in [0, 0.05) is 17.5 Å². The van der Waals surface area contributed by atoms with E-state index in [2.05, 4.69) is 43.6 Å². The molecule has 0 aliphatic carbocycles. The van der Waals surface area contributed by atoms with Crippen molar-refractivity contribution in [3.63, 3.8) is 0 Å². The van der Waals surface area contributed by atoms with Crippen LogP contribution in [0.4, 0.5) is 0 Å². The van der Waals surface area contributed by atoms with Crippen molar-refractivity contribution in [2.45, 2.75) is 39.0 Å². The summed E-state index contributed by atoms with van der Waals surface area (Å²) in [7, 11) is 0. The molecule has 1 aromatic carbocycles. The van der Waals surface area contributed by atoms with E-state index >= 15 is 0 Å². The van der Waals surface area contributed by atoms with Crippen LogP contribution in [0.5, 0.6) is 0 Å². The molecule has 0 aliphatic heterocycles. The van der Waals surface area contributed by atoms with Crippen LogP contribution >= 0.6 is 12.6 Å². The predicted molar refractivity (Wildman–Crippen MR) is 76.8 cm³/mol. The van der Waals surface area contributed by atoms with Crippen LogP contribution in [0.15, 0.2) is 42.6 Å². The van der Waals surface area contributed by atoms with Gasteiger partial charge in [0.15, 0.2) is 0 Å². The molecule has 0 aliphatic rings. The summed E-state index contributed by atoms with van der Waals surface area (Å²) in [4.78, 5) is 0. The van der Waals surface area contributed by atoms with Gasteiger partial charge in [0.2, 0.25) is 0 Å². The number of benzene rings is 1. The Bertz CT molecular complexity index is 280. The summed E-state index contributed by atoms with van der Waals surface area (Å²) >= 11 is 4.32. The first-order valence-corrected chi connectivity index (χ1v) is 6.34. The Balaban J connectivity index is 0.00000106. The third-order valence-corrected chi connectivity index (χ3v) is 2.11. The Kier molecular flexibility index (Phi) is 8.82. The Morgan fingerprint density at radius 3 is 2.38 bits per heavy atom. The van der Waals surface area contributed by atoms with E-state index in [4.69, 9.17) is 0 Å². The molecule has 90 valence electrons. The molecular weight excluding hydrogens is 214 g/mol. The second-order valence-electron chi connectivity index (χ2n) is 3.50. The molecule has 1 nitrogen and oxygen atoms in total. The lowest BCUT2D eigenvalue weighted by atomic mass is 10.2. The van der Waals surface area contributed by atoms with Gasteiger partial charge in [-0.15, -0.1) is 0 Å². The van der Waals surface area contributed by atoms with Crippen LogP contribution in [-0.2, 0) is 6.54 Å². The van der Waals surface area contributed by atoms with Crippen molar-refractivity contribution in [2.75, 3.05) is 0 Å². The molecule has 0 amide bonds. The summed E-state index contributed by atoms with van der Waals surface area (Å²) in [5.74, 6) is 0. The van der Waals surface area contributed by atoms with Crippen molar-refractivity contribution in [2.24, 2.45) is 0 Å². The van der Waals surface area contributed by atoms with Gasteiger partial charge < -0.3 is 5.32 Å². The van der Waals surface area contributed by atoms with Gasteiger partial charge >= 0.3 is 0 Å². The summed E-state index contributed by atoms with van der Waals surface area (Å²) in [6, 6.07) is 10.3. The number of hydrogen-bond donors (Lipinski definition) is 2. The number of thiol groups is 1. The molecule has 1 aromatic rings. The second kappa shape index (κ2) is 9.34. The van der Waals surface area contributed by atoms with Gasteiger partial charge in [-0.25, -0.2) is 0 Å².